The Hall–Kier alpha value is -2.69. The van der Waals surface area contributed by atoms with E-state index in [0.29, 0.717) is 12.2 Å². The number of nitrogens with two attached hydrogens (primary N) is 1. The van der Waals surface area contributed by atoms with E-state index >= 15 is 0 Å². The molecule has 0 aliphatic heterocycles. The minimum absolute atomic E-state index is 0.0799. The van der Waals surface area contributed by atoms with E-state index < -0.39 is 0 Å². The van der Waals surface area contributed by atoms with Crippen LogP contribution in [-0.4, -0.2) is 25.1 Å². The van der Waals surface area contributed by atoms with Crippen LogP contribution in [0.4, 0.5) is 5.69 Å². The SMILES string of the molecule is CN(C)c1cccc(OCc2ccccc2/C(N)=N/O)c1. The molecule has 0 saturated heterocycles. The quantitative estimate of drug-likeness (QED) is 0.383. The van der Waals surface area contributed by atoms with E-state index in [0.717, 1.165) is 17.0 Å². The molecular weight excluding hydrogens is 266 g/mol. The summed E-state index contributed by atoms with van der Waals surface area (Å²) in [7, 11) is 3.96. The van der Waals surface area contributed by atoms with Crippen molar-refractivity contribution in [2.75, 3.05) is 19.0 Å². The Bertz CT molecular complexity index is 639. The summed E-state index contributed by atoms with van der Waals surface area (Å²) in [5.74, 6) is 0.853. The third-order valence-corrected chi connectivity index (χ3v) is 3.13. The molecule has 5 nitrogen and oxygen atoms in total. The first-order valence-corrected chi connectivity index (χ1v) is 6.58. The zero-order valence-corrected chi connectivity index (χ0v) is 12.2. The second kappa shape index (κ2) is 6.65. The summed E-state index contributed by atoms with van der Waals surface area (Å²) in [5.41, 5.74) is 8.27. The van der Waals surface area contributed by atoms with Crippen LogP contribution in [0.15, 0.2) is 53.7 Å². The number of hydrogen-bond acceptors (Lipinski definition) is 4. The molecule has 2 aromatic carbocycles. The van der Waals surface area contributed by atoms with Crippen molar-refractivity contribution in [3.63, 3.8) is 0 Å². The summed E-state index contributed by atoms with van der Waals surface area (Å²) in [4.78, 5) is 2.01. The van der Waals surface area contributed by atoms with Crippen LogP contribution in [0.2, 0.25) is 0 Å². The van der Waals surface area contributed by atoms with E-state index in [2.05, 4.69) is 5.16 Å². The lowest BCUT2D eigenvalue weighted by Crippen LogP contribution is -2.16. The van der Waals surface area contributed by atoms with E-state index in [1.165, 1.54) is 0 Å². The first-order valence-electron chi connectivity index (χ1n) is 6.58. The number of hydrogen-bond donors (Lipinski definition) is 2. The van der Waals surface area contributed by atoms with Crippen molar-refractivity contribution in [2.24, 2.45) is 10.9 Å². The second-order valence-corrected chi connectivity index (χ2v) is 4.82. The Kier molecular flexibility index (Phi) is 4.66. The average Bonchev–Trinajstić information content (AvgIpc) is 2.52. The van der Waals surface area contributed by atoms with Gasteiger partial charge in [0.1, 0.15) is 12.4 Å². The molecule has 0 aromatic heterocycles. The van der Waals surface area contributed by atoms with E-state index in [4.69, 9.17) is 15.7 Å². The zero-order chi connectivity index (χ0) is 15.2. The minimum Gasteiger partial charge on any atom is -0.489 e. The summed E-state index contributed by atoms with van der Waals surface area (Å²) in [6.07, 6.45) is 0. The minimum atomic E-state index is 0.0799. The number of amidine groups is 1. The second-order valence-electron chi connectivity index (χ2n) is 4.82. The molecule has 0 unspecified atom stereocenters. The van der Waals surface area contributed by atoms with Crippen LogP contribution in [0.25, 0.3) is 0 Å². The van der Waals surface area contributed by atoms with Crippen molar-refractivity contribution in [1.82, 2.24) is 0 Å². The van der Waals surface area contributed by atoms with E-state index in [-0.39, 0.29) is 5.84 Å². The summed E-state index contributed by atoms with van der Waals surface area (Å²) >= 11 is 0. The lowest BCUT2D eigenvalue weighted by Gasteiger charge is -2.15. The number of oxime groups is 1. The molecule has 0 fully saturated rings. The van der Waals surface area contributed by atoms with Crippen LogP contribution in [0, 0.1) is 0 Å². The van der Waals surface area contributed by atoms with Gasteiger partial charge in [-0.2, -0.15) is 0 Å². The Labute approximate surface area is 124 Å². The molecule has 0 heterocycles. The Morgan fingerprint density at radius 2 is 1.95 bits per heavy atom. The third kappa shape index (κ3) is 3.66. The van der Waals surface area contributed by atoms with Gasteiger partial charge in [-0.3, -0.25) is 0 Å². The Balaban J connectivity index is 2.15. The summed E-state index contributed by atoms with van der Waals surface area (Å²) in [6, 6.07) is 15.2. The van der Waals surface area contributed by atoms with Crippen LogP contribution >= 0.6 is 0 Å². The van der Waals surface area contributed by atoms with E-state index in [1.807, 2.05) is 61.5 Å². The standard InChI is InChI=1S/C16H19N3O2/c1-19(2)13-7-5-8-14(10-13)21-11-12-6-3-4-9-15(12)16(17)18-20/h3-10,20H,11H2,1-2H3,(H2,17,18). The van der Waals surface area contributed by atoms with Crippen LogP contribution < -0.4 is 15.4 Å². The maximum absolute atomic E-state index is 8.81. The lowest BCUT2D eigenvalue weighted by atomic mass is 10.1. The first kappa shape index (κ1) is 14.7. The highest BCUT2D eigenvalue weighted by Crippen LogP contribution is 2.21. The van der Waals surface area contributed by atoms with Crippen LogP contribution in [0.3, 0.4) is 0 Å². The van der Waals surface area contributed by atoms with Gasteiger partial charge in [-0.25, -0.2) is 0 Å². The van der Waals surface area contributed by atoms with Gasteiger partial charge in [-0.1, -0.05) is 35.5 Å². The van der Waals surface area contributed by atoms with Crippen LogP contribution in [0.1, 0.15) is 11.1 Å². The molecule has 2 aromatic rings. The summed E-state index contributed by atoms with van der Waals surface area (Å²) < 4.78 is 5.80. The highest BCUT2D eigenvalue weighted by atomic mass is 16.5. The highest BCUT2D eigenvalue weighted by Gasteiger charge is 2.07. The molecule has 110 valence electrons. The number of anilines is 1. The fourth-order valence-electron chi connectivity index (χ4n) is 1.96. The predicted molar refractivity (Wildman–Crippen MR) is 84.1 cm³/mol. The molecule has 0 radical (unpaired) electrons. The molecular formula is C16H19N3O2. The maximum atomic E-state index is 8.81. The number of ether oxygens (including phenoxy) is 1. The summed E-state index contributed by atoms with van der Waals surface area (Å²) in [6.45, 7) is 0.350. The number of nitrogens with zero attached hydrogens (tertiary/aromatic N) is 2. The van der Waals surface area contributed by atoms with Crippen molar-refractivity contribution in [3.8, 4) is 5.75 Å². The molecule has 0 saturated carbocycles. The van der Waals surface area contributed by atoms with Gasteiger partial charge < -0.3 is 20.6 Å². The van der Waals surface area contributed by atoms with Gasteiger partial charge in [0, 0.05) is 37.0 Å². The molecule has 21 heavy (non-hydrogen) atoms. The monoisotopic (exact) mass is 285 g/mol. The molecule has 0 atom stereocenters. The van der Waals surface area contributed by atoms with Crippen molar-refractivity contribution in [2.45, 2.75) is 6.61 Å². The predicted octanol–water partition coefficient (Wildman–Crippen LogP) is 2.43. The van der Waals surface area contributed by atoms with Gasteiger partial charge >= 0.3 is 0 Å². The van der Waals surface area contributed by atoms with Gasteiger partial charge in [0.2, 0.25) is 0 Å². The third-order valence-electron chi connectivity index (χ3n) is 3.13. The topological polar surface area (TPSA) is 71.1 Å². The van der Waals surface area contributed by atoms with Gasteiger partial charge in [0.05, 0.1) is 0 Å². The van der Waals surface area contributed by atoms with E-state index in [1.54, 1.807) is 6.07 Å². The molecule has 3 N–H and O–H groups in total. The normalized spacial score (nSPS) is 11.2. The van der Waals surface area contributed by atoms with Gasteiger partial charge in [-0.15, -0.1) is 0 Å². The molecule has 0 amide bonds. The first-order chi connectivity index (χ1) is 10.1. The van der Waals surface area contributed by atoms with Crippen molar-refractivity contribution in [3.05, 3.63) is 59.7 Å². The van der Waals surface area contributed by atoms with E-state index in [9.17, 15) is 0 Å². The molecule has 0 aliphatic carbocycles. The number of rotatable bonds is 5. The Morgan fingerprint density at radius 3 is 2.67 bits per heavy atom. The number of benzene rings is 2. The maximum Gasteiger partial charge on any atom is 0.170 e. The molecule has 0 spiro atoms. The van der Waals surface area contributed by atoms with Crippen LogP contribution in [-0.2, 0) is 6.61 Å². The highest BCUT2D eigenvalue weighted by molar-refractivity contribution is 5.98. The van der Waals surface area contributed by atoms with Gasteiger partial charge in [-0.05, 0) is 12.1 Å². The van der Waals surface area contributed by atoms with Gasteiger partial charge in [0.25, 0.3) is 0 Å². The van der Waals surface area contributed by atoms with Crippen molar-refractivity contribution < 1.29 is 9.94 Å². The molecule has 2 rings (SSSR count). The molecule has 5 heteroatoms. The molecule has 0 aliphatic rings. The fraction of sp³-hybridized carbons (Fsp3) is 0.188. The van der Waals surface area contributed by atoms with Crippen LogP contribution in [0.5, 0.6) is 5.75 Å². The summed E-state index contributed by atoms with van der Waals surface area (Å²) in [5, 5.41) is 11.9. The van der Waals surface area contributed by atoms with Gasteiger partial charge in [0.15, 0.2) is 5.84 Å². The smallest absolute Gasteiger partial charge is 0.170 e. The largest absolute Gasteiger partial charge is 0.489 e. The Morgan fingerprint density at radius 1 is 1.19 bits per heavy atom. The molecule has 0 bridgehead atoms. The van der Waals surface area contributed by atoms with Crippen molar-refractivity contribution >= 4 is 11.5 Å². The fourth-order valence-corrected chi connectivity index (χ4v) is 1.96. The zero-order valence-electron chi connectivity index (χ0n) is 12.2. The van der Waals surface area contributed by atoms with Crippen molar-refractivity contribution in [1.29, 1.82) is 0 Å². The average molecular weight is 285 g/mol. The lowest BCUT2D eigenvalue weighted by molar-refractivity contribution is 0.305.